The van der Waals surface area contributed by atoms with Crippen LogP contribution >= 0.6 is 0 Å². The van der Waals surface area contributed by atoms with Crippen LogP contribution in [-0.4, -0.2) is 35.0 Å². The maximum Gasteiger partial charge on any atom is 0.279 e. The van der Waals surface area contributed by atoms with Gasteiger partial charge in [0.15, 0.2) is 6.04 Å². The minimum absolute atomic E-state index is 0.109. The minimum atomic E-state index is -1.48. The van der Waals surface area contributed by atoms with Crippen LogP contribution in [0.3, 0.4) is 0 Å². The Morgan fingerprint density at radius 2 is 1.86 bits per heavy atom. The van der Waals surface area contributed by atoms with Crippen molar-refractivity contribution in [1.29, 1.82) is 0 Å². The normalized spacial score (nSPS) is 13.1. The van der Waals surface area contributed by atoms with Crippen molar-refractivity contribution in [2.24, 2.45) is 5.73 Å². The fraction of sp³-hybridized carbons (Fsp3) is 0.357. The maximum absolute atomic E-state index is 11.9. The summed E-state index contributed by atoms with van der Waals surface area (Å²) in [6, 6.07) is 4.24. The van der Waals surface area contributed by atoms with Gasteiger partial charge in [-0.1, -0.05) is 12.1 Å². The largest absolute Gasteiger partial charge is 0.548 e. The Labute approximate surface area is 127 Å². The molecule has 8 nitrogen and oxygen atoms in total. The molecule has 0 aliphatic rings. The van der Waals surface area contributed by atoms with Crippen LogP contribution in [0.25, 0.3) is 0 Å². The van der Waals surface area contributed by atoms with Gasteiger partial charge in [0.1, 0.15) is 5.75 Å². The number of hydrogen-bond acceptors (Lipinski definition) is 5. The molecule has 0 aromatic heterocycles. The van der Waals surface area contributed by atoms with Crippen LogP contribution in [0.15, 0.2) is 24.3 Å². The van der Waals surface area contributed by atoms with Gasteiger partial charge in [-0.05, 0) is 24.1 Å². The SMILES string of the molecule is NC(=O)CC[C@H](NC(=O)[C@@H]([NH3+])Cc1ccc(O)cc1)C(=O)[O-]. The number of amides is 2. The molecule has 0 aliphatic carbocycles. The molecule has 1 aromatic carbocycles. The Morgan fingerprint density at radius 1 is 1.27 bits per heavy atom. The van der Waals surface area contributed by atoms with Crippen molar-refractivity contribution in [2.45, 2.75) is 31.3 Å². The van der Waals surface area contributed by atoms with Crippen LogP contribution < -0.4 is 21.9 Å². The Balaban J connectivity index is 2.58. The van der Waals surface area contributed by atoms with E-state index in [1.54, 1.807) is 12.1 Å². The van der Waals surface area contributed by atoms with E-state index in [0.29, 0.717) is 0 Å². The number of nitrogens with two attached hydrogens (primary N) is 1. The van der Waals surface area contributed by atoms with E-state index in [2.05, 4.69) is 11.1 Å². The quantitative estimate of drug-likeness (QED) is 0.403. The first kappa shape index (κ1) is 17.4. The van der Waals surface area contributed by atoms with E-state index < -0.39 is 29.9 Å². The number of carbonyl (C=O) groups excluding carboxylic acids is 3. The molecule has 0 spiro atoms. The number of aliphatic carboxylic acids is 1. The number of benzene rings is 1. The van der Waals surface area contributed by atoms with Crippen molar-refractivity contribution in [2.75, 3.05) is 0 Å². The summed E-state index contributed by atoms with van der Waals surface area (Å²) >= 11 is 0. The Bertz CT molecular complexity index is 544. The van der Waals surface area contributed by atoms with Gasteiger partial charge in [0.05, 0.1) is 12.0 Å². The minimum Gasteiger partial charge on any atom is -0.548 e. The van der Waals surface area contributed by atoms with Crippen LogP contribution in [0.4, 0.5) is 0 Å². The topological polar surface area (TPSA) is 160 Å². The summed E-state index contributed by atoms with van der Waals surface area (Å²) in [6.07, 6.45) is -0.0181. The number of quaternary nitrogens is 1. The van der Waals surface area contributed by atoms with E-state index in [1.807, 2.05) is 0 Å². The Morgan fingerprint density at radius 3 is 2.36 bits per heavy atom. The zero-order valence-corrected chi connectivity index (χ0v) is 12.0. The van der Waals surface area contributed by atoms with Crippen molar-refractivity contribution in [3.8, 4) is 5.75 Å². The van der Waals surface area contributed by atoms with Crippen LogP contribution in [0.1, 0.15) is 18.4 Å². The van der Waals surface area contributed by atoms with Crippen LogP contribution in [-0.2, 0) is 20.8 Å². The smallest absolute Gasteiger partial charge is 0.279 e. The van der Waals surface area contributed by atoms with Crippen molar-refractivity contribution in [1.82, 2.24) is 5.32 Å². The summed E-state index contributed by atoms with van der Waals surface area (Å²) < 4.78 is 0. The summed E-state index contributed by atoms with van der Waals surface area (Å²) in [5.74, 6) is -2.59. The van der Waals surface area contributed by atoms with Gasteiger partial charge >= 0.3 is 0 Å². The molecule has 2 atom stereocenters. The van der Waals surface area contributed by atoms with E-state index in [-0.39, 0.29) is 25.0 Å². The zero-order chi connectivity index (χ0) is 16.7. The highest BCUT2D eigenvalue weighted by molar-refractivity contribution is 5.86. The number of aromatic hydroxyl groups is 1. The predicted molar refractivity (Wildman–Crippen MR) is 73.9 cm³/mol. The molecule has 0 heterocycles. The van der Waals surface area contributed by atoms with Crippen molar-refractivity contribution in [3.05, 3.63) is 29.8 Å². The van der Waals surface area contributed by atoms with Crippen LogP contribution in [0.5, 0.6) is 5.75 Å². The molecule has 0 bridgehead atoms. The second-order valence-electron chi connectivity index (χ2n) is 4.95. The van der Waals surface area contributed by atoms with E-state index in [4.69, 9.17) is 5.73 Å². The number of rotatable bonds is 8. The second-order valence-corrected chi connectivity index (χ2v) is 4.95. The maximum atomic E-state index is 11.9. The summed E-state index contributed by atoms with van der Waals surface area (Å²) in [6.45, 7) is 0. The second kappa shape index (κ2) is 7.99. The average Bonchev–Trinajstić information content (AvgIpc) is 2.44. The standard InChI is InChI=1S/C14H19N3O5/c15-10(7-8-1-3-9(18)4-2-8)13(20)17-11(14(21)22)5-6-12(16)19/h1-4,10-11,18H,5-7,15H2,(H2,16,19)(H,17,20)(H,21,22)/t10-,11-/m0/s1. The summed E-state index contributed by atoms with van der Waals surface area (Å²) in [4.78, 5) is 33.6. The van der Waals surface area contributed by atoms with Gasteiger partial charge in [-0.2, -0.15) is 0 Å². The lowest BCUT2D eigenvalue weighted by molar-refractivity contribution is -0.403. The molecule has 7 N–H and O–H groups in total. The van der Waals surface area contributed by atoms with Gasteiger partial charge in [-0.15, -0.1) is 0 Å². The fourth-order valence-electron chi connectivity index (χ4n) is 1.83. The monoisotopic (exact) mass is 309 g/mol. The number of carboxylic acids is 1. The molecule has 0 saturated carbocycles. The highest BCUT2D eigenvalue weighted by atomic mass is 16.4. The number of carboxylic acid groups (broad SMARTS) is 1. The van der Waals surface area contributed by atoms with Gasteiger partial charge in [-0.25, -0.2) is 0 Å². The van der Waals surface area contributed by atoms with Crippen LogP contribution in [0.2, 0.25) is 0 Å². The number of carbonyl (C=O) groups is 3. The Hall–Kier alpha value is -2.61. The summed E-state index contributed by atoms with van der Waals surface area (Å²) in [5.41, 5.74) is 9.41. The van der Waals surface area contributed by atoms with E-state index in [9.17, 15) is 24.6 Å². The third-order valence-electron chi connectivity index (χ3n) is 3.07. The molecular formula is C14H19N3O5. The van der Waals surface area contributed by atoms with Crippen molar-refractivity contribution < 1.29 is 30.3 Å². The number of phenolic OH excluding ortho intramolecular Hbond substituents is 1. The predicted octanol–water partition coefficient (Wildman–Crippen LogP) is -2.95. The molecule has 1 aromatic rings. The first-order valence-corrected chi connectivity index (χ1v) is 6.70. The first-order valence-electron chi connectivity index (χ1n) is 6.70. The first-order chi connectivity index (χ1) is 10.3. The molecular weight excluding hydrogens is 290 g/mol. The molecule has 0 radical (unpaired) electrons. The van der Waals surface area contributed by atoms with E-state index in [0.717, 1.165) is 5.56 Å². The van der Waals surface area contributed by atoms with E-state index in [1.165, 1.54) is 12.1 Å². The molecule has 1 rings (SSSR count). The number of phenols is 1. The lowest BCUT2D eigenvalue weighted by Crippen LogP contribution is -2.69. The molecule has 0 aliphatic heterocycles. The van der Waals surface area contributed by atoms with E-state index >= 15 is 0 Å². The average molecular weight is 309 g/mol. The van der Waals surface area contributed by atoms with Gasteiger partial charge in [-0.3, -0.25) is 9.59 Å². The third-order valence-corrected chi connectivity index (χ3v) is 3.07. The summed E-state index contributed by atoms with van der Waals surface area (Å²) in [5, 5.41) is 22.4. The van der Waals surface area contributed by atoms with Crippen molar-refractivity contribution >= 4 is 17.8 Å². The van der Waals surface area contributed by atoms with Gasteiger partial charge in [0.25, 0.3) is 5.91 Å². The molecule has 22 heavy (non-hydrogen) atoms. The highest BCUT2D eigenvalue weighted by Gasteiger charge is 2.22. The van der Waals surface area contributed by atoms with Gasteiger partial charge in [0, 0.05) is 12.8 Å². The molecule has 8 heteroatoms. The fourth-order valence-corrected chi connectivity index (χ4v) is 1.83. The molecule has 0 unspecified atom stereocenters. The number of hydrogen-bond donors (Lipinski definition) is 4. The van der Waals surface area contributed by atoms with Gasteiger partial charge < -0.3 is 31.8 Å². The number of nitrogens with one attached hydrogen (secondary N) is 1. The third kappa shape index (κ3) is 5.80. The van der Waals surface area contributed by atoms with Crippen LogP contribution in [0, 0.1) is 0 Å². The lowest BCUT2D eigenvalue weighted by Gasteiger charge is -2.20. The zero-order valence-electron chi connectivity index (χ0n) is 12.0. The molecule has 0 saturated heterocycles. The van der Waals surface area contributed by atoms with Crippen molar-refractivity contribution in [3.63, 3.8) is 0 Å². The lowest BCUT2D eigenvalue weighted by atomic mass is 10.0. The Kier molecular flexibility index (Phi) is 6.33. The number of primary amides is 1. The molecule has 0 fully saturated rings. The highest BCUT2D eigenvalue weighted by Crippen LogP contribution is 2.10. The molecule has 120 valence electrons. The molecule has 2 amide bonds. The van der Waals surface area contributed by atoms with Gasteiger partial charge in [0.2, 0.25) is 5.91 Å². The summed E-state index contributed by atoms with van der Waals surface area (Å²) in [7, 11) is 0.